The summed E-state index contributed by atoms with van der Waals surface area (Å²) < 4.78 is 36.2. The van der Waals surface area contributed by atoms with E-state index in [0.717, 1.165) is 13.8 Å². The number of ether oxygens (including phenoxy) is 2. The largest absolute Gasteiger partial charge is 0.506 e. The molecule has 0 heterocycles. The molecule has 0 aliphatic carbocycles. The summed E-state index contributed by atoms with van der Waals surface area (Å²) in [6.07, 6.45) is -2.40. The van der Waals surface area contributed by atoms with E-state index in [1.54, 1.807) is 0 Å². The van der Waals surface area contributed by atoms with Gasteiger partial charge in [0.25, 0.3) is 0 Å². The molecule has 6 N–H and O–H groups in total. The first-order chi connectivity index (χ1) is 14.4. The molecule has 0 spiro atoms. The first kappa shape index (κ1) is 23.8. The van der Waals surface area contributed by atoms with Crippen molar-refractivity contribution in [2.75, 3.05) is 23.0 Å². The molecule has 0 fully saturated rings. The van der Waals surface area contributed by atoms with Crippen molar-refractivity contribution in [3.8, 4) is 11.5 Å². The Balaban J connectivity index is 2.33. The lowest BCUT2D eigenvalue weighted by Crippen LogP contribution is -2.26. The number of phenols is 2. The Morgan fingerprint density at radius 2 is 1.19 bits per heavy atom. The van der Waals surface area contributed by atoms with E-state index < -0.39 is 45.5 Å². The number of benzene rings is 2. The highest BCUT2D eigenvalue weighted by Gasteiger charge is 2.29. The molecule has 2 aromatic carbocycles. The van der Waals surface area contributed by atoms with Gasteiger partial charge in [-0.2, -0.15) is 0 Å². The summed E-state index contributed by atoms with van der Waals surface area (Å²) in [5.41, 5.74) is 11.8. The zero-order valence-corrected chi connectivity index (χ0v) is 17.8. The van der Waals surface area contributed by atoms with Crippen molar-refractivity contribution in [1.29, 1.82) is 0 Å². The Hall–Kier alpha value is -3.47. The fourth-order valence-electron chi connectivity index (χ4n) is 2.87. The van der Waals surface area contributed by atoms with E-state index >= 15 is 0 Å². The predicted molar refractivity (Wildman–Crippen MR) is 113 cm³/mol. The molecular weight excluding hydrogens is 428 g/mol. The smallest absolute Gasteiger partial charge is 0.303 e. The second kappa shape index (κ2) is 9.56. The van der Waals surface area contributed by atoms with Crippen LogP contribution in [-0.4, -0.2) is 42.1 Å². The number of anilines is 2. The fraction of sp³-hybridized carbons (Fsp3) is 0.300. The SMILES string of the molecule is CC(=O)OC(CS(=O)(=O)CC(OC(C)=O)c1ccc(O)c(N)c1)c1ccc(O)c(N)c1. The summed E-state index contributed by atoms with van der Waals surface area (Å²) in [5, 5.41) is 19.2. The zero-order valence-electron chi connectivity index (χ0n) is 16.9. The van der Waals surface area contributed by atoms with Crippen molar-refractivity contribution in [3.63, 3.8) is 0 Å². The van der Waals surface area contributed by atoms with Gasteiger partial charge in [0.1, 0.15) is 23.7 Å². The third-order valence-electron chi connectivity index (χ3n) is 4.27. The maximum absolute atomic E-state index is 12.9. The van der Waals surface area contributed by atoms with Crippen molar-refractivity contribution in [2.24, 2.45) is 0 Å². The van der Waals surface area contributed by atoms with Crippen LogP contribution in [0.2, 0.25) is 0 Å². The van der Waals surface area contributed by atoms with Gasteiger partial charge in [0.05, 0.1) is 22.9 Å². The molecular formula is C20H24N2O8S. The van der Waals surface area contributed by atoms with Gasteiger partial charge in [-0.3, -0.25) is 9.59 Å². The van der Waals surface area contributed by atoms with E-state index in [4.69, 9.17) is 20.9 Å². The minimum absolute atomic E-state index is 0.00981. The third-order valence-corrected chi connectivity index (χ3v) is 5.90. The number of rotatable bonds is 8. The highest BCUT2D eigenvalue weighted by Crippen LogP contribution is 2.30. The number of esters is 2. The van der Waals surface area contributed by atoms with Crippen molar-refractivity contribution < 1.29 is 37.7 Å². The van der Waals surface area contributed by atoms with Gasteiger partial charge in [-0.25, -0.2) is 8.42 Å². The molecule has 0 aliphatic rings. The molecule has 168 valence electrons. The van der Waals surface area contributed by atoms with Crippen molar-refractivity contribution in [3.05, 3.63) is 47.5 Å². The Kier molecular flexibility index (Phi) is 7.34. The minimum atomic E-state index is -3.97. The van der Waals surface area contributed by atoms with Crippen LogP contribution >= 0.6 is 0 Å². The molecule has 10 nitrogen and oxygen atoms in total. The van der Waals surface area contributed by atoms with Gasteiger partial charge in [0.2, 0.25) is 0 Å². The molecule has 0 radical (unpaired) electrons. The highest BCUT2D eigenvalue weighted by molar-refractivity contribution is 7.91. The van der Waals surface area contributed by atoms with E-state index in [1.807, 2.05) is 0 Å². The van der Waals surface area contributed by atoms with Crippen molar-refractivity contribution in [2.45, 2.75) is 26.1 Å². The quantitative estimate of drug-likeness (QED) is 0.261. The maximum Gasteiger partial charge on any atom is 0.303 e. The Morgan fingerprint density at radius 3 is 1.48 bits per heavy atom. The molecule has 2 aromatic rings. The van der Waals surface area contributed by atoms with Crippen LogP contribution in [0.3, 0.4) is 0 Å². The normalized spacial score (nSPS) is 13.2. The molecule has 0 bridgehead atoms. The van der Waals surface area contributed by atoms with E-state index in [1.165, 1.54) is 36.4 Å². The van der Waals surface area contributed by atoms with Crippen molar-refractivity contribution >= 4 is 33.2 Å². The summed E-state index contributed by atoms with van der Waals surface area (Å²) in [6, 6.07) is 7.91. The second-order valence-electron chi connectivity index (χ2n) is 6.91. The first-order valence-corrected chi connectivity index (χ1v) is 10.9. The van der Waals surface area contributed by atoms with E-state index in [-0.39, 0.29) is 34.0 Å². The number of phenolic OH excluding ortho intramolecular Hbond substituents is 2. The standard InChI is InChI=1S/C20H24N2O8S/c1-11(23)29-19(13-3-5-17(25)15(21)7-13)9-31(27,28)10-20(30-12(2)24)14-4-6-18(26)16(22)8-14/h3-8,19-20,25-26H,9-10,21-22H2,1-2H3. The summed E-state index contributed by atoms with van der Waals surface area (Å²) in [6.45, 7) is 2.26. The van der Waals surface area contributed by atoms with Gasteiger partial charge in [-0.1, -0.05) is 12.1 Å². The van der Waals surface area contributed by atoms with Crippen LogP contribution in [-0.2, 0) is 28.9 Å². The van der Waals surface area contributed by atoms with Crippen LogP contribution in [0.25, 0.3) is 0 Å². The molecule has 0 aliphatic heterocycles. The van der Waals surface area contributed by atoms with Crippen LogP contribution in [0, 0.1) is 0 Å². The van der Waals surface area contributed by atoms with Crippen LogP contribution in [0.15, 0.2) is 36.4 Å². The topological polar surface area (TPSA) is 179 Å². The summed E-state index contributed by atoms with van der Waals surface area (Å²) in [5.74, 6) is -3.07. The van der Waals surface area contributed by atoms with Crippen LogP contribution in [0.5, 0.6) is 11.5 Å². The van der Waals surface area contributed by atoms with Gasteiger partial charge in [-0.05, 0) is 35.4 Å². The molecule has 0 saturated carbocycles. The van der Waals surface area contributed by atoms with Crippen LogP contribution in [0.4, 0.5) is 11.4 Å². The number of carbonyl (C=O) groups excluding carboxylic acids is 2. The monoisotopic (exact) mass is 452 g/mol. The summed E-state index contributed by atoms with van der Waals surface area (Å²) >= 11 is 0. The lowest BCUT2D eigenvalue weighted by Gasteiger charge is -2.21. The minimum Gasteiger partial charge on any atom is -0.506 e. The van der Waals surface area contributed by atoms with Gasteiger partial charge in [0.15, 0.2) is 9.84 Å². The Bertz CT molecular complexity index is 1010. The highest BCUT2D eigenvalue weighted by atomic mass is 32.2. The van der Waals surface area contributed by atoms with E-state index in [0.29, 0.717) is 0 Å². The molecule has 2 atom stereocenters. The fourth-order valence-corrected chi connectivity index (χ4v) is 4.45. The number of hydrogen-bond acceptors (Lipinski definition) is 10. The lowest BCUT2D eigenvalue weighted by molar-refractivity contribution is -0.146. The van der Waals surface area contributed by atoms with Crippen LogP contribution < -0.4 is 11.5 Å². The third kappa shape index (κ3) is 6.78. The molecule has 2 unspecified atom stereocenters. The molecule has 0 amide bonds. The van der Waals surface area contributed by atoms with Gasteiger partial charge in [-0.15, -0.1) is 0 Å². The number of carbonyl (C=O) groups is 2. The molecule has 2 rings (SSSR count). The maximum atomic E-state index is 12.9. The van der Waals surface area contributed by atoms with Gasteiger partial charge in [0, 0.05) is 13.8 Å². The first-order valence-electron chi connectivity index (χ1n) is 9.09. The average molecular weight is 452 g/mol. The molecule has 31 heavy (non-hydrogen) atoms. The van der Waals surface area contributed by atoms with Gasteiger partial charge < -0.3 is 31.2 Å². The number of sulfone groups is 1. The Morgan fingerprint density at radius 1 is 0.839 bits per heavy atom. The number of nitrogens with two attached hydrogens (primary N) is 2. The second-order valence-corrected chi connectivity index (χ2v) is 9.06. The number of aromatic hydroxyl groups is 2. The number of nitrogen functional groups attached to an aromatic ring is 2. The number of hydrogen-bond donors (Lipinski definition) is 4. The molecule has 0 saturated heterocycles. The molecule has 0 aromatic heterocycles. The average Bonchev–Trinajstić information content (AvgIpc) is 2.64. The summed E-state index contributed by atoms with van der Waals surface area (Å²) in [7, 11) is -3.97. The van der Waals surface area contributed by atoms with Gasteiger partial charge >= 0.3 is 11.9 Å². The lowest BCUT2D eigenvalue weighted by atomic mass is 10.1. The van der Waals surface area contributed by atoms with E-state index in [2.05, 4.69) is 0 Å². The molecule has 11 heteroatoms. The Labute approximate surface area is 179 Å². The zero-order chi connectivity index (χ0) is 23.3. The predicted octanol–water partition coefficient (Wildman–Crippen LogP) is 1.59. The van der Waals surface area contributed by atoms with Crippen LogP contribution in [0.1, 0.15) is 37.2 Å². The van der Waals surface area contributed by atoms with E-state index in [9.17, 15) is 28.2 Å². The summed E-state index contributed by atoms with van der Waals surface area (Å²) in [4.78, 5) is 23.0. The van der Waals surface area contributed by atoms with Crippen molar-refractivity contribution in [1.82, 2.24) is 0 Å².